The number of carbonyl (C=O) groups excluding carboxylic acids is 1. The molecule has 0 saturated carbocycles. The summed E-state index contributed by atoms with van der Waals surface area (Å²) in [7, 11) is 0. The molecule has 1 unspecified atom stereocenters. The Kier molecular flexibility index (Phi) is 6.20. The van der Waals surface area contributed by atoms with Crippen LogP contribution in [0.1, 0.15) is 25.8 Å². The van der Waals surface area contributed by atoms with Crippen LogP contribution in [-0.4, -0.2) is 36.5 Å². The van der Waals surface area contributed by atoms with E-state index >= 15 is 0 Å². The average molecular weight is 312 g/mol. The Hall–Kier alpha value is -1.10. The number of rotatable bonds is 3. The molecule has 1 fully saturated rings. The van der Waals surface area contributed by atoms with E-state index in [1.165, 1.54) is 5.56 Å². The Balaban J connectivity index is 0.00000220. The number of aryl methyl sites for hydroxylation is 1. The molecule has 5 heteroatoms. The smallest absolute Gasteiger partial charge is 0.238 e. The monoisotopic (exact) mass is 311 g/mol. The Morgan fingerprint density at radius 2 is 2.00 bits per heavy atom. The summed E-state index contributed by atoms with van der Waals surface area (Å²) in [5, 5.41) is 2.94. The molecule has 0 radical (unpaired) electrons. The first kappa shape index (κ1) is 18.0. The topological polar surface area (TPSA) is 58.4 Å². The molecule has 1 aromatic rings. The number of amides is 1. The van der Waals surface area contributed by atoms with E-state index in [1.54, 1.807) is 0 Å². The number of nitrogens with zero attached hydrogens (tertiary/aromatic N) is 1. The van der Waals surface area contributed by atoms with Crippen LogP contribution in [0, 0.1) is 12.3 Å². The maximum Gasteiger partial charge on any atom is 0.238 e. The fraction of sp³-hybridized carbons (Fsp3) is 0.562. The number of hydrogen-bond acceptors (Lipinski definition) is 3. The quantitative estimate of drug-likeness (QED) is 0.901. The summed E-state index contributed by atoms with van der Waals surface area (Å²) in [6.45, 7) is 8.57. The third kappa shape index (κ3) is 4.99. The van der Waals surface area contributed by atoms with Crippen molar-refractivity contribution in [2.24, 2.45) is 11.1 Å². The number of likely N-dealkylation sites (tertiary alicyclic amines) is 1. The standard InChI is InChI=1S/C16H25N3O.ClH/c1-12-4-6-13(7-5-12)18-15(20)10-19-9-8-14(17)16(2,3)11-19;/h4-7,14H,8-11,17H2,1-3H3,(H,18,20);1H. The fourth-order valence-corrected chi connectivity index (χ4v) is 2.66. The van der Waals surface area contributed by atoms with Gasteiger partial charge in [-0.05, 0) is 30.9 Å². The van der Waals surface area contributed by atoms with E-state index in [0.29, 0.717) is 6.54 Å². The van der Waals surface area contributed by atoms with Crippen LogP contribution in [0.2, 0.25) is 0 Å². The van der Waals surface area contributed by atoms with Gasteiger partial charge in [-0.1, -0.05) is 31.5 Å². The van der Waals surface area contributed by atoms with Gasteiger partial charge in [-0.25, -0.2) is 0 Å². The van der Waals surface area contributed by atoms with Crippen molar-refractivity contribution in [1.82, 2.24) is 4.90 Å². The van der Waals surface area contributed by atoms with Gasteiger partial charge in [-0.15, -0.1) is 12.4 Å². The van der Waals surface area contributed by atoms with Crippen LogP contribution in [-0.2, 0) is 4.79 Å². The number of piperidine rings is 1. The highest BCUT2D eigenvalue weighted by atomic mass is 35.5. The summed E-state index contributed by atoms with van der Waals surface area (Å²) in [5.41, 5.74) is 8.23. The second-order valence-corrected chi connectivity index (χ2v) is 6.51. The molecule has 0 aliphatic carbocycles. The van der Waals surface area contributed by atoms with Crippen molar-refractivity contribution in [2.75, 3.05) is 25.0 Å². The minimum Gasteiger partial charge on any atom is -0.327 e. The van der Waals surface area contributed by atoms with Crippen LogP contribution in [0.3, 0.4) is 0 Å². The van der Waals surface area contributed by atoms with Crippen LogP contribution in [0.25, 0.3) is 0 Å². The number of anilines is 1. The summed E-state index contributed by atoms with van der Waals surface area (Å²) in [4.78, 5) is 14.3. The van der Waals surface area contributed by atoms with Crippen LogP contribution in [0.4, 0.5) is 5.69 Å². The van der Waals surface area contributed by atoms with Gasteiger partial charge in [0.2, 0.25) is 5.91 Å². The molecule has 0 aromatic heterocycles. The third-order valence-electron chi connectivity index (χ3n) is 4.09. The first-order valence-corrected chi connectivity index (χ1v) is 7.21. The number of carbonyl (C=O) groups is 1. The number of halogens is 1. The zero-order chi connectivity index (χ0) is 14.8. The SMILES string of the molecule is Cc1ccc(NC(=O)CN2CCC(N)C(C)(C)C2)cc1.Cl. The second kappa shape index (κ2) is 7.25. The summed E-state index contributed by atoms with van der Waals surface area (Å²) < 4.78 is 0. The first-order valence-electron chi connectivity index (χ1n) is 7.21. The van der Waals surface area contributed by atoms with Gasteiger partial charge in [-0.3, -0.25) is 9.69 Å². The summed E-state index contributed by atoms with van der Waals surface area (Å²) in [6, 6.07) is 8.09. The number of benzene rings is 1. The number of nitrogens with two attached hydrogens (primary N) is 1. The van der Waals surface area contributed by atoms with Crippen molar-refractivity contribution in [3.05, 3.63) is 29.8 Å². The van der Waals surface area contributed by atoms with Crippen molar-refractivity contribution in [2.45, 2.75) is 33.2 Å². The molecule has 1 atom stereocenters. The molecule has 1 aromatic carbocycles. The Morgan fingerprint density at radius 3 is 2.57 bits per heavy atom. The van der Waals surface area contributed by atoms with E-state index in [2.05, 4.69) is 24.1 Å². The summed E-state index contributed by atoms with van der Waals surface area (Å²) in [6.07, 6.45) is 0.949. The molecule has 0 spiro atoms. The van der Waals surface area contributed by atoms with Gasteiger partial charge in [0.25, 0.3) is 0 Å². The molecule has 3 N–H and O–H groups in total. The fourth-order valence-electron chi connectivity index (χ4n) is 2.66. The van der Waals surface area contributed by atoms with Crippen LogP contribution < -0.4 is 11.1 Å². The largest absolute Gasteiger partial charge is 0.327 e. The number of nitrogens with one attached hydrogen (secondary N) is 1. The van der Waals surface area contributed by atoms with E-state index < -0.39 is 0 Å². The van der Waals surface area contributed by atoms with E-state index in [0.717, 1.165) is 25.2 Å². The molecule has 1 saturated heterocycles. The zero-order valence-electron chi connectivity index (χ0n) is 13.1. The van der Waals surface area contributed by atoms with Crippen molar-refractivity contribution in [1.29, 1.82) is 0 Å². The summed E-state index contributed by atoms with van der Waals surface area (Å²) in [5.74, 6) is 0.0418. The van der Waals surface area contributed by atoms with Crippen LogP contribution in [0.5, 0.6) is 0 Å². The lowest BCUT2D eigenvalue weighted by Crippen LogP contribution is -2.53. The Bertz CT molecular complexity index is 473. The molecule has 4 nitrogen and oxygen atoms in total. The molecular formula is C16H26ClN3O. The van der Waals surface area contributed by atoms with E-state index in [1.807, 2.05) is 31.2 Å². The first-order chi connectivity index (χ1) is 9.37. The lowest BCUT2D eigenvalue weighted by atomic mass is 9.80. The molecule has 1 aliphatic rings. The normalized spacial score (nSPS) is 21.4. The van der Waals surface area contributed by atoms with Crippen molar-refractivity contribution >= 4 is 24.0 Å². The molecule has 1 heterocycles. The summed E-state index contributed by atoms with van der Waals surface area (Å²) >= 11 is 0. The Labute approximate surface area is 133 Å². The third-order valence-corrected chi connectivity index (χ3v) is 4.09. The molecule has 2 rings (SSSR count). The van der Waals surface area contributed by atoms with E-state index in [4.69, 9.17) is 5.73 Å². The molecule has 118 valence electrons. The highest BCUT2D eigenvalue weighted by molar-refractivity contribution is 5.92. The molecule has 1 amide bonds. The number of hydrogen-bond donors (Lipinski definition) is 2. The van der Waals surface area contributed by atoms with Gasteiger partial charge < -0.3 is 11.1 Å². The molecule has 21 heavy (non-hydrogen) atoms. The van der Waals surface area contributed by atoms with Gasteiger partial charge in [0.1, 0.15) is 0 Å². The van der Waals surface area contributed by atoms with Crippen LogP contribution in [0.15, 0.2) is 24.3 Å². The van der Waals surface area contributed by atoms with Gasteiger partial charge in [-0.2, -0.15) is 0 Å². The lowest BCUT2D eigenvalue weighted by molar-refractivity contribution is -0.118. The molecule has 1 aliphatic heterocycles. The zero-order valence-corrected chi connectivity index (χ0v) is 13.9. The van der Waals surface area contributed by atoms with Gasteiger partial charge in [0.05, 0.1) is 6.54 Å². The molecular weight excluding hydrogens is 286 g/mol. The van der Waals surface area contributed by atoms with Gasteiger partial charge in [0, 0.05) is 24.8 Å². The lowest BCUT2D eigenvalue weighted by Gasteiger charge is -2.42. The highest BCUT2D eigenvalue weighted by Crippen LogP contribution is 2.27. The van der Waals surface area contributed by atoms with Gasteiger partial charge >= 0.3 is 0 Å². The van der Waals surface area contributed by atoms with E-state index in [9.17, 15) is 4.79 Å². The minimum atomic E-state index is 0. The second-order valence-electron chi connectivity index (χ2n) is 6.51. The minimum absolute atomic E-state index is 0. The van der Waals surface area contributed by atoms with Crippen molar-refractivity contribution < 1.29 is 4.79 Å². The maximum absolute atomic E-state index is 12.1. The van der Waals surface area contributed by atoms with Crippen molar-refractivity contribution in [3.63, 3.8) is 0 Å². The Morgan fingerprint density at radius 1 is 1.38 bits per heavy atom. The van der Waals surface area contributed by atoms with Gasteiger partial charge in [0.15, 0.2) is 0 Å². The predicted molar refractivity (Wildman–Crippen MR) is 89.9 cm³/mol. The predicted octanol–water partition coefficient (Wildman–Crippen LogP) is 2.41. The average Bonchev–Trinajstić information content (AvgIpc) is 2.36. The maximum atomic E-state index is 12.1. The van der Waals surface area contributed by atoms with E-state index in [-0.39, 0.29) is 29.8 Å². The highest BCUT2D eigenvalue weighted by Gasteiger charge is 2.33. The van der Waals surface area contributed by atoms with Crippen molar-refractivity contribution in [3.8, 4) is 0 Å². The molecule has 0 bridgehead atoms. The van der Waals surface area contributed by atoms with Crippen LogP contribution >= 0.6 is 12.4 Å².